The van der Waals surface area contributed by atoms with Gasteiger partial charge in [0.15, 0.2) is 0 Å². The number of rotatable bonds is 4. The molecule has 1 N–H and O–H groups in total. The van der Waals surface area contributed by atoms with E-state index in [-0.39, 0.29) is 11.7 Å². The van der Waals surface area contributed by atoms with Crippen LogP contribution in [0.2, 0.25) is 0 Å². The minimum atomic E-state index is -4.72. The Labute approximate surface area is 146 Å². The lowest BCUT2D eigenvalue weighted by atomic mass is 9.98. The molecular weight excluding hydrogens is 347 g/mol. The van der Waals surface area contributed by atoms with Crippen molar-refractivity contribution >= 4 is 11.6 Å². The standard InChI is InChI=1S/C18H14F3N3O2/c1-2-15(25)22-12-8-9-13(14(10-12)11-6-4-3-5-7-11)16-23-17(26-24-16)18(19,20)21/h3-10H,2H2,1H3,(H,22,25). The van der Waals surface area contributed by atoms with Crippen molar-refractivity contribution in [2.24, 2.45) is 0 Å². The van der Waals surface area contributed by atoms with E-state index in [1.807, 2.05) is 6.07 Å². The molecule has 1 amide bonds. The summed E-state index contributed by atoms with van der Waals surface area (Å²) in [4.78, 5) is 15.1. The van der Waals surface area contributed by atoms with E-state index >= 15 is 0 Å². The van der Waals surface area contributed by atoms with E-state index in [0.717, 1.165) is 5.56 Å². The van der Waals surface area contributed by atoms with Crippen LogP contribution in [0.3, 0.4) is 0 Å². The van der Waals surface area contributed by atoms with Crippen molar-refractivity contribution < 1.29 is 22.5 Å². The van der Waals surface area contributed by atoms with Gasteiger partial charge in [-0.05, 0) is 29.3 Å². The van der Waals surface area contributed by atoms with Crippen LogP contribution in [-0.4, -0.2) is 16.0 Å². The van der Waals surface area contributed by atoms with E-state index < -0.39 is 12.1 Å². The van der Waals surface area contributed by atoms with Crippen LogP contribution in [0.4, 0.5) is 18.9 Å². The van der Waals surface area contributed by atoms with Crippen LogP contribution >= 0.6 is 0 Å². The predicted octanol–water partition coefficient (Wildman–Crippen LogP) is 4.77. The number of anilines is 1. The van der Waals surface area contributed by atoms with Crippen LogP contribution in [0, 0.1) is 0 Å². The summed E-state index contributed by atoms with van der Waals surface area (Å²) in [5.74, 6) is -1.75. The molecule has 0 radical (unpaired) electrons. The first-order chi connectivity index (χ1) is 12.4. The van der Waals surface area contributed by atoms with Crippen LogP contribution in [0.1, 0.15) is 19.2 Å². The molecule has 2 aromatic carbocycles. The first kappa shape index (κ1) is 17.7. The second-order valence-corrected chi connectivity index (χ2v) is 5.45. The Bertz CT molecular complexity index is 921. The van der Waals surface area contributed by atoms with Crippen molar-refractivity contribution in [3.8, 4) is 22.5 Å². The Hall–Kier alpha value is -3.16. The molecule has 0 bridgehead atoms. The molecule has 3 aromatic rings. The van der Waals surface area contributed by atoms with Crippen molar-refractivity contribution in [2.75, 3.05) is 5.32 Å². The number of nitrogens with one attached hydrogen (secondary N) is 1. The molecule has 0 atom stereocenters. The highest BCUT2D eigenvalue weighted by molar-refractivity contribution is 5.93. The highest BCUT2D eigenvalue weighted by atomic mass is 19.4. The number of benzene rings is 2. The second kappa shape index (κ2) is 6.99. The molecule has 1 heterocycles. The molecule has 0 fully saturated rings. The summed E-state index contributed by atoms with van der Waals surface area (Å²) in [7, 11) is 0. The number of aromatic nitrogens is 2. The Morgan fingerprint density at radius 1 is 1.12 bits per heavy atom. The fourth-order valence-electron chi connectivity index (χ4n) is 2.37. The maximum absolute atomic E-state index is 12.7. The molecule has 0 saturated carbocycles. The molecule has 26 heavy (non-hydrogen) atoms. The smallest absolute Gasteiger partial charge is 0.329 e. The Morgan fingerprint density at radius 3 is 2.46 bits per heavy atom. The Kier molecular flexibility index (Phi) is 4.75. The van der Waals surface area contributed by atoms with Gasteiger partial charge < -0.3 is 9.84 Å². The van der Waals surface area contributed by atoms with Crippen molar-refractivity contribution in [2.45, 2.75) is 19.5 Å². The van der Waals surface area contributed by atoms with Crippen molar-refractivity contribution in [3.05, 3.63) is 54.4 Å². The van der Waals surface area contributed by atoms with Crippen LogP contribution in [-0.2, 0) is 11.0 Å². The fourth-order valence-corrected chi connectivity index (χ4v) is 2.37. The topological polar surface area (TPSA) is 68.0 Å². The highest BCUT2D eigenvalue weighted by Crippen LogP contribution is 2.35. The van der Waals surface area contributed by atoms with E-state index in [9.17, 15) is 18.0 Å². The molecule has 0 spiro atoms. The van der Waals surface area contributed by atoms with Gasteiger partial charge >= 0.3 is 12.1 Å². The maximum atomic E-state index is 12.7. The number of amides is 1. The average Bonchev–Trinajstić information content (AvgIpc) is 3.12. The quantitative estimate of drug-likeness (QED) is 0.727. The van der Waals surface area contributed by atoms with Crippen molar-refractivity contribution in [1.29, 1.82) is 0 Å². The predicted molar refractivity (Wildman–Crippen MR) is 89.1 cm³/mol. The molecular formula is C18H14F3N3O2. The molecule has 0 aliphatic carbocycles. The van der Waals surface area contributed by atoms with Crippen molar-refractivity contribution in [1.82, 2.24) is 10.1 Å². The van der Waals surface area contributed by atoms with Gasteiger partial charge in [-0.25, -0.2) is 0 Å². The SMILES string of the molecule is CCC(=O)Nc1ccc(-c2noc(C(F)(F)F)n2)c(-c2ccccc2)c1. The highest BCUT2D eigenvalue weighted by Gasteiger charge is 2.38. The molecule has 8 heteroatoms. The molecule has 0 aliphatic heterocycles. The third-order valence-electron chi connectivity index (χ3n) is 3.62. The summed E-state index contributed by atoms with van der Waals surface area (Å²) in [6, 6.07) is 13.8. The molecule has 3 rings (SSSR count). The van der Waals surface area contributed by atoms with E-state index in [4.69, 9.17) is 0 Å². The average molecular weight is 361 g/mol. The molecule has 134 valence electrons. The summed E-state index contributed by atoms with van der Waals surface area (Å²) in [6.45, 7) is 1.72. The zero-order valence-electron chi connectivity index (χ0n) is 13.7. The summed E-state index contributed by atoms with van der Waals surface area (Å²) in [6.07, 6.45) is -4.41. The van der Waals surface area contributed by atoms with Gasteiger partial charge in [0.2, 0.25) is 11.7 Å². The number of nitrogens with zero attached hydrogens (tertiary/aromatic N) is 2. The first-order valence-electron chi connectivity index (χ1n) is 7.79. The lowest BCUT2D eigenvalue weighted by Crippen LogP contribution is -2.09. The van der Waals surface area contributed by atoms with E-state index in [2.05, 4.69) is 20.0 Å². The van der Waals surface area contributed by atoms with Gasteiger partial charge in [0.25, 0.3) is 0 Å². The Morgan fingerprint density at radius 2 is 1.85 bits per heavy atom. The third-order valence-corrected chi connectivity index (χ3v) is 3.62. The summed E-state index contributed by atoms with van der Waals surface area (Å²) in [5.41, 5.74) is 2.21. The van der Waals surface area contributed by atoms with Gasteiger partial charge in [0.1, 0.15) is 0 Å². The van der Waals surface area contributed by atoms with Crippen LogP contribution in [0.5, 0.6) is 0 Å². The minimum Gasteiger partial charge on any atom is -0.329 e. The Balaban J connectivity index is 2.09. The monoisotopic (exact) mass is 361 g/mol. The lowest BCUT2D eigenvalue weighted by Gasteiger charge is -2.11. The van der Waals surface area contributed by atoms with Gasteiger partial charge in [0, 0.05) is 17.7 Å². The van der Waals surface area contributed by atoms with E-state index in [0.29, 0.717) is 23.2 Å². The normalized spacial score (nSPS) is 11.4. The minimum absolute atomic E-state index is 0.171. The third kappa shape index (κ3) is 3.74. The largest absolute Gasteiger partial charge is 0.471 e. The van der Waals surface area contributed by atoms with Crippen LogP contribution in [0.15, 0.2) is 53.1 Å². The fraction of sp³-hybridized carbons (Fsp3) is 0.167. The number of hydrogen-bond donors (Lipinski definition) is 1. The molecule has 0 unspecified atom stereocenters. The van der Waals surface area contributed by atoms with Gasteiger partial charge in [-0.3, -0.25) is 4.79 Å². The van der Waals surface area contributed by atoms with E-state index in [1.165, 1.54) is 0 Å². The first-order valence-corrected chi connectivity index (χ1v) is 7.79. The number of carbonyl (C=O) groups excluding carboxylic acids is 1. The zero-order valence-corrected chi connectivity index (χ0v) is 13.7. The zero-order chi connectivity index (χ0) is 18.7. The van der Waals surface area contributed by atoms with Crippen LogP contribution < -0.4 is 5.32 Å². The molecule has 0 aliphatic rings. The summed E-state index contributed by atoms with van der Waals surface area (Å²) >= 11 is 0. The summed E-state index contributed by atoms with van der Waals surface area (Å²) in [5, 5.41) is 6.18. The van der Waals surface area contributed by atoms with Gasteiger partial charge in [-0.15, -0.1) is 0 Å². The number of carbonyl (C=O) groups is 1. The van der Waals surface area contributed by atoms with Crippen LogP contribution in [0.25, 0.3) is 22.5 Å². The van der Waals surface area contributed by atoms with Crippen molar-refractivity contribution in [3.63, 3.8) is 0 Å². The second-order valence-electron chi connectivity index (χ2n) is 5.45. The van der Waals surface area contributed by atoms with Gasteiger partial charge in [-0.2, -0.15) is 18.2 Å². The number of halogens is 3. The van der Waals surface area contributed by atoms with Gasteiger partial charge in [0.05, 0.1) is 0 Å². The number of alkyl halides is 3. The molecule has 0 saturated heterocycles. The molecule has 1 aromatic heterocycles. The van der Waals surface area contributed by atoms with E-state index in [1.54, 1.807) is 49.4 Å². The molecule has 5 nitrogen and oxygen atoms in total. The summed E-state index contributed by atoms with van der Waals surface area (Å²) < 4.78 is 42.6. The maximum Gasteiger partial charge on any atom is 0.471 e. The lowest BCUT2D eigenvalue weighted by molar-refractivity contribution is -0.159. The van der Waals surface area contributed by atoms with Gasteiger partial charge in [-0.1, -0.05) is 42.4 Å². The number of hydrogen-bond acceptors (Lipinski definition) is 4.